The van der Waals surface area contributed by atoms with Gasteiger partial charge in [-0.2, -0.15) is 4.39 Å². The number of anilines is 1. The SMILES string of the molecule is O=C(O)c1cncc(NC(=O)c2cccnc2F)c1. The van der Waals surface area contributed by atoms with Crippen LogP contribution in [0.4, 0.5) is 10.1 Å². The number of pyridine rings is 2. The van der Waals surface area contributed by atoms with Crippen LogP contribution in [0.25, 0.3) is 0 Å². The Morgan fingerprint density at radius 3 is 2.79 bits per heavy atom. The molecule has 0 aliphatic carbocycles. The van der Waals surface area contributed by atoms with Crippen molar-refractivity contribution in [1.29, 1.82) is 0 Å². The Morgan fingerprint density at radius 1 is 1.32 bits per heavy atom. The molecule has 2 aromatic heterocycles. The molecule has 2 rings (SSSR count). The second-order valence-electron chi connectivity index (χ2n) is 3.56. The Balaban J connectivity index is 2.22. The molecule has 7 heteroatoms. The lowest BCUT2D eigenvalue weighted by molar-refractivity contribution is 0.0696. The van der Waals surface area contributed by atoms with E-state index in [1.165, 1.54) is 30.6 Å². The smallest absolute Gasteiger partial charge is 0.337 e. The fourth-order valence-electron chi connectivity index (χ4n) is 1.38. The maximum atomic E-state index is 13.3. The molecular weight excluding hydrogens is 253 g/mol. The van der Waals surface area contributed by atoms with E-state index < -0.39 is 17.8 Å². The lowest BCUT2D eigenvalue weighted by atomic mass is 10.2. The van der Waals surface area contributed by atoms with Gasteiger partial charge < -0.3 is 10.4 Å². The number of nitrogens with one attached hydrogen (secondary N) is 1. The van der Waals surface area contributed by atoms with Crippen LogP contribution in [0.15, 0.2) is 36.8 Å². The molecule has 2 N–H and O–H groups in total. The Morgan fingerprint density at radius 2 is 2.11 bits per heavy atom. The van der Waals surface area contributed by atoms with Crippen molar-refractivity contribution >= 4 is 17.6 Å². The summed E-state index contributed by atoms with van der Waals surface area (Å²) in [6.45, 7) is 0. The summed E-state index contributed by atoms with van der Waals surface area (Å²) in [7, 11) is 0. The van der Waals surface area contributed by atoms with Gasteiger partial charge in [0.2, 0.25) is 5.95 Å². The summed E-state index contributed by atoms with van der Waals surface area (Å²) in [5, 5.41) is 11.1. The number of aromatic nitrogens is 2. The molecule has 2 aromatic rings. The second kappa shape index (κ2) is 5.21. The average molecular weight is 261 g/mol. The minimum Gasteiger partial charge on any atom is -0.478 e. The van der Waals surface area contributed by atoms with E-state index in [2.05, 4.69) is 15.3 Å². The van der Waals surface area contributed by atoms with Gasteiger partial charge in [-0.15, -0.1) is 0 Å². The van der Waals surface area contributed by atoms with Crippen LogP contribution in [0, 0.1) is 5.95 Å². The van der Waals surface area contributed by atoms with Gasteiger partial charge in [0.25, 0.3) is 5.91 Å². The van der Waals surface area contributed by atoms with Gasteiger partial charge in [0.1, 0.15) is 0 Å². The van der Waals surface area contributed by atoms with Crippen molar-refractivity contribution in [2.45, 2.75) is 0 Å². The van der Waals surface area contributed by atoms with Crippen molar-refractivity contribution < 1.29 is 19.1 Å². The monoisotopic (exact) mass is 261 g/mol. The summed E-state index contributed by atoms with van der Waals surface area (Å²) < 4.78 is 13.3. The number of aromatic carboxylic acids is 1. The first kappa shape index (κ1) is 12.6. The van der Waals surface area contributed by atoms with E-state index in [1.807, 2.05) is 0 Å². The highest BCUT2D eigenvalue weighted by Gasteiger charge is 2.13. The molecule has 0 saturated heterocycles. The first-order valence-electron chi connectivity index (χ1n) is 5.18. The summed E-state index contributed by atoms with van der Waals surface area (Å²) >= 11 is 0. The van der Waals surface area contributed by atoms with Crippen molar-refractivity contribution in [3.63, 3.8) is 0 Å². The van der Waals surface area contributed by atoms with Crippen LogP contribution in [0.5, 0.6) is 0 Å². The van der Waals surface area contributed by atoms with Gasteiger partial charge in [-0.05, 0) is 18.2 Å². The van der Waals surface area contributed by atoms with Gasteiger partial charge in [-0.3, -0.25) is 9.78 Å². The number of carbonyl (C=O) groups is 2. The second-order valence-corrected chi connectivity index (χ2v) is 3.56. The van der Waals surface area contributed by atoms with Crippen LogP contribution < -0.4 is 5.32 Å². The van der Waals surface area contributed by atoms with Crippen LogP contribution in [0.3, 0.4) is 0 Å². The fourth-order valence-corrected chi connectivity index (χ4v) is 1.38. The summed E-state index contributed by atoms with van der Waals surface area (Å²) in [5.74, 6) is -2.80. The molecule has 1 amide bonds. The molecule has 0 aliphatic heterocycles. The summed E-state index contributed by atoms with van der Waals surface area (Å²) in [6.07, 6.45) is 3.62. The Kier molecular flexibility index (Phi) is 3.46. The first-order valence-corrected chi connectivity index (χ1v) is 5.18. The molecular formula is C12H8FN3O3. The number of carboxylic acid groups (broad SMARTS) is 1. The minimum absolute atomic E-state index is 0.0792. The van der Waals surface area contributed by atoms with E-state index in [0.29, 0.717) is 0 Å². The van der Waals surface area contributed by atoms with Gasteiger partial charge in [-0.25, -0.2) is 9.78 Å². The lowest BCUT2D eigenvalue weighted by Crippen LogP contribution is -2.15. The zero-order valence-corrected chi connectivity index (χ0v) is 9.50. The number of amides is 1. The van der Waals surface area contributed by atoms with Gasteiger partial charge in [-0.1, -0.05) is 0 Å². The Bertz CT molecular complexity index is 646. The average Bonchev–Trinajstić information content (AvgIpc) is 2.39. The van der Waals surface area contributed by atoms with Crippen molar-refractivity contribution in [3.05, 3.63) is 53.9 Å². The number of hydrogen-bond donors (Lipinski definition) is 2. The maximum Gasteiger partial charge on any atom is 0.337 e. The van der Waals surface area contributed by atoms with Gasteiger partial charge in [0.05, 0.1) is 23.0 Å². The standard InChI is InChI=1S/C12H8FN3O3/c13-10-9(2-1-3-15-10)11(17)16-8-4-7(12(18)19)5-14-6-8/h1-6H,(H,16,17)(H,18,19). The highest BCUT2D eigenvalue weighted by atomic mass is 19.1. The van der Waals surface area contributed by atoms with E-state index in [-0.39, 0.29) is 16.8 Å². The van der Waals surface area contributed by atoms with E-state index in [0.717, 1.165) is 6.20 Å². The Hall–Kier alpha value is -2.83. The summed E-state index contributed by atoms with van der Waals surface area (Å²) in [4.78, 5) is 29.5. The normalized spacial score (nSPS) is 9.95. The van der Waals surface area contributed by atoms with Crippen molar-refractivity contribution in [3.8, 4) is 0 Å². The van der Waals surface area contributed by atoms with Gasteiger partial charge in [0, 0.05) is 12.4 Å². The van der Waals surface area contributed by atoms with E-state index >= 15 is 0 Å². The van der Waals surface area contributed by atoms with Crippen LogP contribution >= 0.6 is 0 Å². The molecule has 0 aliphatic rings. The largest absolute Gasteiger partial charge is 0.478 e. The van der Waals surface area contributed by atoms with E-state index in [9.17, 15) is 14.0 Å². The van der Waals surface area contributed by atoms with E-state index in [1.54, 1.807) is 0 Å². The Labute approximate surface area is 106 Å². The number of rotatable bonds is 3. The highest BCUT2D eigenvalue weighted by molar-refractivity contribution is 6.04. The van der Waals surface area contributed by atoms with Crippen molar-refractivity contribution in [1.82, 2.24) is 9.97 Å². The zero-order valence-electron chi connectivity index (χ0n) is 9.50. The van der Waals surface area contributed by atoms with Crippen LogP contribution in [0.2, 0.25) is 0 Å². The third-order valence-electron chi connectivity index (χ3n) is 2.25. The highest BCUT2D eigenvalue weighted by Crippen LogP contribution is 2.11. The number of halogens is 1. The quantitative estimate of drug-likeness (QED) is 0.818. The molecule has 96 valence electrons. The molecule has 0 spiro atoms. The molecule has 6 nitrogen and oxygen atoms in total. The van der Waals surface area contributed by atoms with E-state index in [4.69, 9.17) is 5.11 Å². The van der Waals surface area contributed by atoms with Crippen molar-refractivity contribution in [2.75, 3.05) is 5.32 Å². The van der Waals surface area contributed by atoms with Crippen LogP contribution in [0.1, 0.15) is 20.7 Å². The van der Waals surface area contributed by atoms with Gasteiger partial charge in [0.15, 0.2) is 0 Å². The summed E-state index contributed by atoms with van der Waals surface area (Å²) in [6, 6.07) is 3.91. The molecule has 0 radical (unpaired) electrons. The minimum atomic E-state index is -1.17. The molecule has 0 aromatic carbocycles. The van der Waals surface area contributed by atoms with Gasteiger partial charge >= 0.3 is 5.97 Å². The van der Waals surface area contributed by atoms with Crippen molar-refractivity contribution in [2.24, 2.45) is 0 Å². The molecule has 0 unspecified atom stereocenters. The molecule has 0 saturated carbocycles. The zero-order chi connectivity index (χ0) is 13.8. The topological polar surface area (TPSA) is 92.2 Å². The fraction of sp³-hybridized carbons (Fsp3) is 0. The molecule has 2 heterocycles. The lowest BCUT2D eigenvalue weighted by Gasteiger charge is -2.05. The third-order valence-corrected chi connectivity index (χ3v) is 2.25. The molecule has 19 heavy (non-hydrogen) atoms. The number of hydrogen-bond acceptors (Lipinski definition) is 4. The number of nitrogens with zero attached hydrogens (tertiary/aromatic N) is 2. The third kappa shape index (κ3) is 2.89. The predicted octanol–water partition coefficient (Wildman–Crippen LogP) is 1.57. The summed E-state index contributed by atoms with van der Waals surface area (Å²) in [5.41, 5.74) is -0.152. The number of carboxylic acids is 1. The van der Waals surface area contributed by atoms with Crippen LogP contribution in [-0.2, 0) is 0 Å². The molecule has 0 atom stereocenters. The number of carbonyl (C=O) groups excluding carboxylic acids is 1. The first-order chi connectivity index (χ1) is 9.08. The predicted molar refractivity (Wildman–Crippen MR) is 63.3 cm³/mol. The molecule has 0 fully saturated rings. The molecule has 0 bridgehead atoms. The van der Waals surface area contributed by atoms with Crippen LogP contribution in [-0.4, -0.2) is 27.0 Å². The maximum absolute atomic E-state index is 13.3.